The summed E-state index contributed by atoms with van der Waals surface area (Å²) in [5.41, 5.74) is 0.627. The van der Waals surface area contributed by atoms with Crippen LogP contribution in [-0.4, -0.2) is 17.4 Å². The van der Waals surface area contributed by atoms with Crippen LogP contribution in [0.5, 0.6) is 0 Å². The number of hydrogen-bond acceptors (Lipinski definition) is 3. The molecule has 4 aliphatic rings. The maximum absolute atomic E-state index is 12.4. The first-order valence-corrected chi connectivity index (χ1v) is 8.56. The van der Waals surface area contributed by atoms with Crippen LogP contribution in [0.3, 0.4) is 0 Å². The lowest BCUT2D eigenvalue weighted by Crippen LogP contribution is -2.51. The van der Waals surface area contributed by atoms with Crippen molar-refractivity contribution in [3.05, 3.63) is 39.9 Å². The molecule has 0 radical (unpaired) electrons. The highest BCUT2D eigenvalue weighted by Gasteiger charge is 2.50. The molecule has 23 heavy (non-hydrogen) atoms. The largest absolute Gasteiger partial charge is 0.351 e. The fourth-order valence-corrected chi connectivity index (χ4v) is 5.64. The Balaban J connectivity index is 1.44. The molecule has 1 amide bonds. The van der Waals surface area contributed by atoms with Crippen LogP contribution in [-0.2, 0) is 0 Å². The standard InChI is InChI=1S/C18H22N2O3/c21-17(15-2-1-3-16(7-15)20(22)23)19-11-18-8-12-4-13(9-18)6-14(5-12)10-18/h1-3,7,12-14H,4-6,8-11H2,(H,19,21). The maximum atomic E-state index is 12.4. The Morgan fingerprint density at radius 3 is 2.35 bits per heavy atom. The van der Waals surface area contributed by atoms with Gasteiger partial charge >= 0.3 is 0 Å². The summed E-state index contributed by atoms with van der Waals surface area (Å²) in [5.74, 6) is 2.38. The monoisotopic (exact) mass is 314 g/mol. The molecular formula is C18H22N2O3. The van der Waals surface area contributed by atoms with Crippen molar-refractivity contribution < 1.29 is 9.72 Å². The fourth-order valence-electron chi connectivity index (χ4n) is 5.64. The third-order valence-corrected chi connectivity index (χ3v) is 6.11. The third-order valence-electron chi connectivity index (χ3n) is 6.11. The highest BCUT2D eigenvalue weighted by Crippen LogP contribution is 2.59. The smallest absolute Gasteiger partial charge is 0.270 e. The van der Waals surface area contributed by atoms with Gasteiger partial charge in [-0.3, -0.25) is 14.9 Å². The maximum Gasteiger partial charge on any atom is 0.270 e. The lowest BCUT2D eigenvalue weighted by atomic mass is 9.49. The van der Waals surface area contributed by atoms with Crippen molar-refractivity contribution in [2.75, 3.05) is 6.54 Å². The van der Waals surface area contributed by atoms with Gasteiger partial charge in [0.05, 0.1) is 4.92 Å². The molecule has 0 spiro atoms. The minimum atomic E-state index is -0.462. The second-order valence-corrected chi connectivity index (χ2v) is 7.91. The van der Waals surface area contributed by atoms with E-state index < -0.39 is 4.92 Å². The number of nitrogens with one attached hydrogen (secondary N) is 1. The summed E-state index contributed by atoms with van der Waals surface area (Å²) < 4.78 is 0. The van der Waals surface area contributed by atoms with E-state index in [0.29, 0.717) is 5.56 Å². The van der Waals surface area contributed by atoms with Gasteiger partial charge in [-0.05, 0) is 67.8 Å². The topological polar surface area (TPSA) is 72.2 Å². The van der Waals surface area contributed by atoms with Gasteiger partial charge in [0.1, 0.15) is 0 Å². The normalized spacial score (nSPS) is 34.3. The molecule has 122 valence electrons. The molecule has 4 bridgehead atoms. The van der Waals surface area contributed by atoms with Crippen LogP contribution < -0.4 is 5.32 Å². The molecule has 5 heteroatoms. The molecule has 0 saturated heterocycles. The van der Waals surface area contributed by atoms with Crippen LogP contribution in [0.1, 0.15) is 48.9 Å². The Morgan fingerprint density at radius 2 is 1.78 bits per heavy atom. The van der Waals surface area contributed by atoms with Crippen molar-refractivity contribution in [2.45, 2.75) is 38.5 Å². The van der Waals surface area contributed by atoms with Gasteiger partial charge in [-0.15, -0.1) is 0 Å². The lowest BCUT2D eigenvalue weighted by molar-refractivity contribution is -0.384. The Kier molecular flexibility index (Phi) is 3.39. The summed E-state index contributed by atoms with van der Waals surface area (Å²) in [6, 6.07) is 5.98. The van der Waals surface area contributed by atoms with Gasteiger partial charge in [-0.25, -0.2) is 0 Å². The summed E-state index contributed by atoms with van der Waals surface area (Å²) in [6.45, 7) is 0.720. The highest BCUT2D eigenvalue weighted by atomic mass is 16.6. The van der Waals surface area contributed by atoms with Crippen molar-refractivity contribution in [1.29, 1.82) is 0 Å². The molecule has 1 N–H and O–H groups in total. The predicted octanol–water partition coefficient (Wildman–Crippen LogP) is 3.54. The Morgan fingerprint density at radius 1 is 1.17 bits per heavy atom. The van der Waals surface area contributed by atoms with Crippen molar-refractivity contribution in [2.24, 2.45) is 23.2 Å². The average Bonchev–Trinajstić information content (AvgIpc) is 2.51. The van der Waals surface area contributed by atoms with Gasteiger partial charge in [0, 0.05) is 24.2 Å². The second-order valence-electron chi connectivity index (χ2n) is 7.91. The molecule has 4 saturated carbocycles. The number of amides is 1. The van der Waals surface area contributed by atoms with Gasteiger partial charge < -0.3 is 5.32 Å². The lowest BCUT2D eigenvalue weighted by Gasteiger charge is -2.56. The number of carbonyl (C=O) groups is 1. The number of hydrogen-bond donors (Lipinski definition) is 1. The molecule has 4 aliphatic carbocycles. The Bertz CT molecular complexity index is 620. The molecule has 5 rings (SSSR count). The van der Waals surface area contributed by atoms with Crippen LogP contribution in [0.25, 0.3) is 0 Å². The number of nitro benzene ring substituents is 1. The molecule has 0 heterocycles. The average molecular weight is 314 g/mol. The first-order valence-electron chi connectivity index (χ1n) is 8.56. The van der Waals surface area contributed by atoms with Crippen molar-refractivity contribution >= 4 is 11.6 Å². The van der Waals surface area contributed by atoms with Gasteiger partial charge in [0.2, 0.25) is 0 Å². The van der Waals surface area contributed by atoms with E-state index in [0.717, 1.165) is 24.3 Å². The SMILES string of the molecule is O=C(NCC12CC3CC(CC(C3)C1)C2)c1cccc([N+](=O)[O-])c1. The van der Waals surface area contributed by atoms with E-state index in [4.69, 9.17) is 0 Å². The molecule has 0 unspecified atom stereocenters. The zero-order chi connectivity index (χ0) is 16.0. The number of carbonyl (C=O) groups excluding carboxylic acids is 1. The predicted molar refractivity (Wildman–Crippen MR) is 86.0 cm³/mol. The number of rotatable bonds is 4. The fraction of sp³-hybridized carbons (Fsp3) is 0.611. The minimum Gasteiger partial charge on any atom is -0.351 e. The zero-order valence-corrected chi connectivity index (χ0v) is 13.2. The Hall–Kier alpha value is -1.91. The molecular weight excluding hydrogens is 292 g/mol. The second kappa shape index (κ2) is 5.32. The van der Waals surface area contributed by atoms with Crippen LogP contribution in [0, 0.1) is 33.3 Å². The van der Waals surface area contributed by atoms with Crippen molar-refractivity contribution in [3.63, 3.8) is 0 Å². The van der Waals surface area contributed by atoms with E-state index in [1.54, 1.807) is 12.1 Å². The zero-order valence-electron chi connectivity index (χ0n) is 13.2. The molecule has 0 aromatic heterocycles. The molecule has 5 nitrogen and oxygen atoms in total. The number of nitrogens with zero attached hydrogens (tertiary/aromatic N) is 1. The highest BCUT2D eigenvalue weighted by molar-refractivity contribution is 5.94. The minimum absolute atomic E-state index is 0.0348. The summed E-state index contributed by atoms with van der Waals surface area (Å²) in [4.78, 5) is 22.8. The van der Waals surface area contributed by atoms with E-state index >= 15 is 0 Å². The first kappa shape index (κ1) is 14.7. The van der Waals surface area contributed by atoms with Crippen molar-refractivity contribution in [3.8, 4) is 0 Å². The van der Waals surface area contributed by atoms with Crippen LogP contribution >= 0.6 is 0 Å². The van der Waals surface area contributed by atoms with E-state index in [9.17, 15) is 14.9 Å². The van der Waals surface area contributed by atoms with Crippen LogP contribution in [0.15, 0.2) is 24.3 Å². The molecule has 1 aromatic carbocycles. The molecule has 0 atom stereocenters. The summed E-state index contributed by atoms with van der Waals surface area (Å²) in [7, 11) is 0. The molecule has 1 aromatic rings. The van der Waals surface area contributed by atoms with E-state index in [-0.39, 0.29) is 17.0 Å². The van der Waals surface area contributed by atoms with E-state index in [1.807, 2.05) is 0 Å². The molecule has 4 fully saturated rings. The summed E-state index contributed by atoms with van der Waals surface area (Å²) in [5, 5.41) is 13.9. The van der Waals surface area contributed by atoms with Gasteiger partial charge in [0.25, 0.3) is 11.6 Å². The van der Waals surface area contributed by atoms with Crippen LogP contribution in [0.4, 0.5) is 5.69 Å². The quantitative estimate of drug-likeness (QED) is 0.682. The van der Waals surface area contributed by atoms with E-state index in [1.165, 1.54) is 50.7 Å². The third kappa shape index (κ3) is 2.73. The number of nitro groups is 1. The van der Waals surface area contributed by atoms with Gasteiger partial charge in [0.15, 0.2) is 0 Å². The number of benzene rings is 1. The first-order chi connectivity index (χ1) is 11.0. The summed E-state index contributed by atoms with van der Waals surface area (Å²) >= 11 is 0. The summed E-state index contributed by atoms with van der Waals surface area (Å²) in [6.07, 6.45) is 7.89. The van der Waals surface area contributed by atoms with Crippen LogP contribution in [0.2, 0.25) is 0 Å². The number of non-ortho nitro benzene ring substituents is 1. The van der Waals surface area contributed by atoms with Crippen molar-refractivity contribution in [1.82, 2.24) is 5.32 Å². The van der Waals surface area contributed by atoms with Gasteiger partial charge in [-0.2, -0.15) is 0 Å². The van der Waals surface area contributed by atoms with E-state index in [2.05, 4.69) is 5.32 Å². The van der Waals surface area contributed by atoms with Gasteiger partial charge in [-0.1, -0.05) is 6.07 Å². The Labute approximate surface area is 135 Å². The molecule has 0 aliphatic heterocycles.